The maximum atomic E-state index is 12.8. The number of aromatic nitrogens is 1. The number of rotatable bonds is 4. The van der Waals surface area contributed by atoms with E-state index < -0.39 is 24.3 Å². The molecule has 2 aromatic carbocycles. The Morgan fingerprint density at radius 2 is 1.79 bits per heavy atom. The summed E-state index contributed by atoms with van der Waals surface area (Å²) in [5.74, 6) is -1.60. The van der Waals surface area contributed by atoms with Gasteiger partial charge in [-0.15, -0.1) is 0 Å². The topological polar surface area (TPSA) is 68.3 Å². The van der Waals surface area contributed by atoms with Crippen molar-refractivity contribution in [1.29, 1.82) is 0 Å². The zero-order chi connectivity index (χ0) is 16.9. The number of ether oxygens (including phenoxy) is 1. The highest BCUT2D eigenvalue weighted by Crippen LogP contribution is 2.17. The van der Waals surface area contributed by atoms with Crippen LogP contribution in [0.4, 0.5) is 10.1 Å². The summed E-state index contributed by atoms with van der Waals surface area (Å²) in [6, 6.07) is 14.3. The number of amides is 1. The van der Waals surface area contributed by atoms with Crippen LogP contribution in [0.1, 0.15) is 10.5 Å². The summed E-state index contributed by atoms with van der Waals surface area (Å²) >= 11 is 0. The maximum Gasteiger partial charge on any atom is 0.358 e. The van der Waals surface area contributed by atoms with E-state index >= 15 is 0 Å². The van der Waals surface area contributed by atoms with Crippen LogP contribution in [0.25, 0.3) is 10.8 Å². The lowest BCUT2D eigenvalue weighted by Crippen LogP contribution is -2.21. The molecule has 1 N–H and O–H groups in total. The van der Waals surface area contributed by atoms with Gasteiger partial charge >= 0.3 is 5.97 Å². The molecule has 0 aliphatic rings. The number of benzene rings is 2. The molecule has 3 aromatic rings. The van der Waals surface area contributed by atoms with Crippen molar-refractivity contribution in [1.82, 2.24) is 4.98 Å². The van der Waals surface area contributed by atoms with Gasteiger partial charge in [-0.3, -0.25) is 4.79 Å². The predicted octanol–water partition coefficient (Wildman–Crippen LogP) is 3.17. The van der Waals surface area contributed by atoms with E-state index in [4.69, 9.17) is 4.74 Å². The maximum absolute atomic E-state index is 12.8. The van der Waals surface area contributed by atoms with Crippen molar-refractivity contribution < 1.29 is 18.7 Å². The number of hydrogen-bond donors (Lipinski definition) is 1. The molecule has 120 valence electrons. The van der Waals surface area contributed by atoms with Gasteiger partial charge in [0, 0.05) is 17.3 Å². The molecule has 0 unspecified atom stereocenters. The Morgan fingerprint density at radius 1 is 1.04 bits per heavy atom. The van der Waals surface area contributed by atoms with Crippen molar-refractivity contribution in [3.63, 3.8) is 0 Å². The highest BCUT2D eigenvalue weighted by Gasteiger charge is 2.14. The molecule has 5 nitrogen and oxygen atoms in total. The Labute approximate surface area is 137 Å². The molecule has 6 heteroatoms. The van der Waals surface area contributed by atoms with Gasteiger partial charge < -0.3 is 10.1 Å². The average Bonchev–Trinajstić information content (AvgIpc) is 2.61. The van der Waals surface area contributed by atoms with Gasteiger partial charge in [0.1, 0.15) is 5.82 Å². The van der Waals surface area contributed by atoms with Gasteiger partial charge in [-0.1, -0.05) is 24.3 Å². The lowest BCUT2D eigenvalue weighted by atomic mass is 10.1. The van der Waals surface area contributed by atoms with Crippen LogP contribution < -0.4 is 5.32 Å². The fourth-order valence-corrected chi connectivity index (χ4v) is 2.21. The van der Waals surface area contributed by atoms with Crippen molar-refractivity contribution in [3.8, 4) is 0 Å². The first-order chi connectivity index (χ1) is 11.6. The van der Waals surface area contributed by atoms with E-state index in [9.17, 15) is 14.0 Å². The quantitative estimate of drug-likeness (QED) is 0.749. The first kappa shape index (κ1) is 15.6. The van der Waals surface area contributed by atoms with Gasteiger partial charge in [-0.25, -0.2) is 14.2 Å². The SMILES string of the molecule is O=C(COC(=O)c1nccc2ccccc12)Nc1ccc(F)cc1. The third kappa shape index (κ3) is 3.55. The molecule has 0 radical (unpaired) electrons. The molecule has 1 aromatic heterocycles. The summed E-state index contributed by atoms with van der Waals surface area (Å²) < 4.78 is 17.8. The second kappa shape index (κ2) is 6.87. The molecular formula is C18H13FN2O3. The van der Waals surface area contributed by atoms with Crippen LogP contribution in [-0.2, 0) is 9.53 Å². The fourth-order valence-electron chi connectivity index (χ4n) is 2.21. The van der Waals surface area contributed by atoms with Crippen LogP contribution in [0, 0.1) is 5.82 Å². The third-order valence-corrected chi connectivity index (χ3v) is 3.33. The normalized spacial score (nSPS) is 10.4. The Kier molecular flexibility index (Phi) is 4.47. The third-order valence-electron chi connectivity index (χ3n) is 3.33. The highest BCUT2D eigenvalue weighted by atomic mass is 19.1. The summed E-state index contributed by atoms with van der Waals surface area (Å²) in [5.41, 5.74) is 0.573. The summed E-state index contributed by atoms with van der Waals surface area (Å²) in [5, 5.41) is 4.02. The predicted molar refractivity (Wildman–Crippen MR) is 87.1 cm³/mol. The molecule has 0 atom stereocenters. The minimum absolute atomic E-state index is 0.155. The van der Waals surface area contributed by atoms with Crippen molar-refractivity contribution >= 4 is 28.3 Å². The number of halogens is 1. The number of carbonyl (C=O) groups excluding carboxylic acids is 2. The summed E-state index contributed by atoms with van der Waals surface area (Å²) in [6.45, 7) is -0.457. The van der Waals surface area contributed by atoms with Crippen LogP contribution in [0.3, 0.4) is 0 Å². The second-order valence-corrected chi connectivity index (χ2v) is 5.01. The minimum Gasteiger partial charge on any atom is -0.451 e. The van der Waals surface area contributed by atoms with Crippen LogP contribution in [0.5, 0.6) is 0 Å². The van der Waals surface area contributed by atoms with Gasteiger partial charge in [-0.05, 0) is 35.7 Å². The van der Waals surface area contributed by atoms with Crippen LogP contribution in [-0.4, -0.2) is 23.5 Å². The molecule has 0 spiro atoms. The molecule has 0 saturated heterocycles. The van der Waals surface area contributed by atoms with Crippen molar-refractivity contribution in [3.05, 3.63) is 72.3 Å². The largest absolute Gasteiger partial charge is 0.451 e. The average molecular weight is 324 g/mol. The highest BCUT2D eigenvalue weighted by molar-refractivity contribution is 6.03. The molecular weight excluding hydrogens is 311 g/mol. The number of nitrogens with one attached hydrogen (secondary N) is 1. The zero-order valence-corrected chi connectivity index (χ0v) is 12.5. The van der Waals surface area contributed by atoms with Gasteiger partial charge in [0.2, 0.25) is 0 Å². The van der Waals surface area contributed by atoms with Crippen LogP contribution in [0.15, 0.2) is 60.8 Å². The van der Waals surface area contributed by atoms with E-state index in [1.165, 1.54) is 30.5 Å². The summed E-state index contributed by atoms with van der Waals surface area (Å²) in [4.78, 5) is 28.0. The lowest BCUT2D eigenvalue weighted by Gasteiger charge is -2.07. The van der Waals surface area contributed by atoms with Gasteiger partial charge in [0.05, 0.1) is 0 Å². The second-order valence-electron chi connectivity index (χ2n) is 5.01. The number of fused-ring (bicyclic) bond motifs is 1. The Hall–Kier alpha value is -3.28. The summed E-state index contributed by atoms with van der Waals surface area (Å²) in [7, 11) is 0. The molecule has 0 fully saturated rings. The van der Waals surface area contributed by atoms with Crippen LogP contribution in [0.2, 0.25) is 0 Å². The fraction of sp³-hybridized carbons (Fsp3) is 0.0556. The van der Waals surface area contributed by atoms with E-state index in [2.05, 4.69) is 10.3 Å². The van der Waals surface area contributed by atoms with Gasteiger partial charge in [0.25, 0.3) is 5.91 Å². The van der Waals surface area contributed by atoms with Crippen molar-refractivity contribution in [2.45, 2.75) is 0 Å². The van der Waals surface area contributed by atoms with E-state index in [1.54, 1.807) is 18.2 Å². The molecule has 0 aliphatic heterocycles. The molecule has 0 saturated carbocycles. The molecule has 0 bridgehead atoms. The van der Waals surface area contributed by atoms with Crippen LogP contribution >= 0.6 is 0 Å². The number of esters is 1. The van der Waals surface area contributed by atoms with E-state index in [0.29, 0.717) is 11.1 Å². The smallest absolute Gasteiger partial charge is 0.358 e. The van der Waals surface area contributed by atoms with E-state index in [1.807, 2.05) is 12.1 Å². The number of carbonyl (C=O) groups is 2. The monoisotopic (exact) mass is 324 g/mol. The van der Waals surface area contributed by atoms with Gasteiger partial charge in [0.15, 0.2) is 12.3 Å². The molecule has 0 aliphatic carbocycles. The van der Waals surface area contributed by atoms with E-state index in [0.717, 1.165) is 5.39 Å². The Balaban J connectivity index is 1.64. The van der Waals surface area contributed by atoms with Crippen molar-refractivity contribution in [2.75, 3.05) is 11.9 Å². The number of pyridine rings is 1. The number of anilines is 1. The molecule has 3 rings (SSSR count). The van der Waals surface area contributed by atoms with Crippen molar-refractivity contribution in [2.24, 2.45) is 0 Å². The Morgan fingerprint density at radius 3 is 2.58 bits per heavy atom. The first-order valence-electron chi connectivity index (χ1n) is 7.20. The molecule has 1 amide bonds. The minimum atomic E-state index is -0.680. The molecule has 1 heterocycles. The zero-order valence-electron chi connectivity index (χ0n) is 12.5. The standard InChI is InChI=1S/C18H13FN2O3/c19-13-5-7-14(8-6-13)21-16(22)11-24-18(23)17-15-4-2-1-3-12(15)9-10-20-17/h1-10H,11H2,(H,21,22). The molecule has 24 heavy (non-hydrogen) atoms. The summed E-state index contributed by atoms with van der Waals surface area (Å²) in [6.07, 6.45) is 1.51. The number of hydrogen-bond acceptors (Lipinski definition) is 4. The van der Waals surface area contributed by atoms with Gasteiger partial charge in [-0.2, -0.15) is 0 Å². The lowest BCUT2D eigenvalue weighted by molar-refractivity contribution is -0.119. The first-order valence-corrected chi connectivity index (χ1v) is 7.20. The van der Waals surface area contributed by atoms with E-state index in [-0.39, 0.29) is 5.69 Å². The number of nitrogens with zero attached hydrogens (tertiary/aromatic N) is 1. The Bertz CT molecular complexity index is 889.